The maximum absolute atomic E-state index is 13.7. The van der Waals surface area contributed by atoms with Gasteiger partial charge in [0.15, 0.2) is 0 Å². The largest absolute Gasteiger partial charge is 0.342 e. The lowest BCUT2D eigenvalue weighted by Crippen LogP contribution is -2.59. The molecule has 0 radical (unpaired) electrons. The second-order valence-corrected chi connectivity index (χ2v) is 10.8. The lowest BCUT2D eigenvalue weighted by atomic mass is 9.85. The molecule has 3 atom stereocenters. The van der Waals surface area contributed by atoms with E-state index in [9.17, 15) is 14.4 Å². The second-order valence-electron chi connectivity index (χ2n) is 10.8. The Bertz CT molecular complexity index is 819. The molecule has 7 nitrogen and oxygen atoms in total. The number of hydrogen-bond acceptors (Lipinski definition) is 4. The van der Waals surface area contributed by atoms with E-state index in [-0.39, 0.29) is 35.7 Å². The number of benzene rings is 1. The number of nitrogens with zero attached hydrogens (tertiary/aromatic N) is 2. The topological polar surface area (TPSA) is 81.8 Å². The summed E-state index contributed by atoms with van der Waals surface area (Å²) in [5, 5.41) is 5.91. The zero-order valence-corrected chi connectivity index (χ0v) is 22.1. The fourth-order valence-electron chi connectivity index (χ4n) is 4.35. The fourth-order valence-corrected chi connectivity index (χ4v) is 4.35. The van der Waals surface area contributed by atoms with Gasteiger partial charge in [0.1, 0.15) is 6.04 Å². The molecule has 190 valence electrons. The van der Waals surface area contributed by atoms with Crippen LogP contribution in [0.3, 0.4) is 0 Å². The summed E-state index contributed by atoms with van der Waals surface area (Å²) < 4.78 is 0. The van der Waals surface area contributed by atoms with Crippen LogP contribution in [0.25, 0.3) is 0 Å². The Kier molecular flexibility index (Phi) is 10.1. The first kappa shape index (κ1) is 27.8. The highest BCUT2D eigenvalue weighted by Gasteiger charge is 2.40. The molecule has 1 fully saturated rings. The average Bonchev–Trinajstić information content (AvgIpc) is 3.26. The molecule has 1 heterocycles. The first-order valence-electron chi connectivity index (χ1n) is 12.6. The van der Waals surface area contributed by atoms with Crippen LogP contribution < -0.4 is 10.6 Å². The molecule has 7 heteroatoms. The molecule has 1 aliphatic heterocycles. The van der Waals surface area contributed by atoms with E-state index >= 15 is 0 Å². The minimum Gasteiger partial charge on any atom is -0.342 e. The Morgan fingerprint density at radius 2 is 1.76 bits per heavy atom. The lowest BCUT2D eigenvalue weighted by molar-refractivity contribution is -0.142. The molecule has 1 saturated heterocycles. The summed E-state index contributed by atoms with van der Waals surface area (Å²) in [6.07, 6.45) is 2.54. The molecule has 0 saturated carbocycles. The Balaban J connectivity index is 2.17. The molecular formula is C27H44N4O3. The van der Waals surface area contributed by atoms with E-state index in [0.717, 1.165) is 19.3 Å². The molecule has 1 aromatic carbocycles. The number of amides is 3. The molecule has 0 spiro atoms. The first-order chi connectivity index (χ1) is 16.0. The SMILES string of the molecule is CN[C@@H](C)C(=O)N[C@H](C(=O)N1CCC[C@H]1CN(CCc1ccccc1)C(=O)C(C)C)C(C)(C)C. The van der Waals surface area contributed by atoms with Crippen molar-refractivity contribution >= 4 is 17.7 Å². The molecule has 3 amide bonds. The van der Waals surface area contributed by atoms with Gasteiger partial charge in [-0.25, -0.2) is 0 Å². The smallest absolute Gasteiger partial charge is 0.246 e. The number of rotatable bonds is 10. The third-order valence-corrected chi connectivity index (χ3v) is 6.64. The molecular weight excluding hydrogens is 428 g/mol. The molecule has 0 aromatic heterocycles. The highest BCUT2D eigenvalue weighted by Crippen LogP contribution is 2.26. The monoisotopic (exact) mass is 472 g/mol. The van der Waals surface area contributed by atoms with Gasteiger partial charge in [-0.1, -0.05) is 65.0 Å². The van der Waals surface area contributed by atoms with Crippen molar-refractivity contribution in [1.82, 2.24) is 20.4 Å². The molecule has 0 aliphatic carbocycles. The zero-order chi connectivity index (χ0) is 25.5. The number of hydrogen-bond donors (Lipinski definition) is 2. The van der Waals surface area contributed by atoms with Gasteiger partial charge in [-0.2, -0.15) is 0 Å². The number of nitrogens with one attached hydrogen (secondary N) is 2. The Morgan fingerprint density at radius 1 is 1.12 bits per heavy atom. The van der Waals surface area contributed by atoms with Gasteiger partial charge in [0.05, 0.1) is 6.04 Å². The van der Waals surface area contributed by atoms with E-state index in [1.165, 1.54) is 5.56 Å². The normalized spacial score (nSPS) is 18.0. The van der Waals surface area contributed by atoms with Gasteiger partial charge in [0.2, 0.25) is 17.7 Å². The molecule has 0 unspecified atom stereocenters. The number of likely N-dealkylation sites (N-methyl/N-ethyl adjacent to an activating group) is 1. The number of carbonyl (C=O) groups excluding carboxylic acids is 3. The van der Waals surface area contributed by atoms with Crippen molar-refractivity contribution in [2.45, 2.75) is 78.9 Å². The van der Waals surface area contributed by atoms with Crippen molar-refractivity contribution in [2.24, 2.45) is 11.3 Å². The minimum absolute atomic E-state index is 0.0468. The van der Waals surface area contributed by atoms with Crippen molar-refractivity contribution in [3.05, 3.63) is 35.9 Å². The predicted molar refractivity (Wildman–Crippen MR) is 136 cm³/mol. The van der Waals surface area contributed by atoms with Crippen LogP contribution in [0, 0.1) is 11.3 Å². The van der Waals surface area contributed by atoms with Crippen LogP contribution >= 0.6 is 0 Å². The van der Waals surface area contributed by atoms with E-state index in [0.29, 0.717) is 19.6 Å². The van der Waals surface area contributed by atoms with Gasteiger partial charge in [0, 0.05) is 31.6 Å². The summed E-state index contributed by atoms with van der Waals surface area (Å²) in [5.74, 6) is -0.248. The second kappa shape index (κ2) is 12.3. The van der Waals surface area contributed by atoms with E-state index in [4.69, 9.17) is 0 Å². The van der Waals surface area contributed by atoms with E-state index < -0.39 is 11.5 Å². The van der Waals surface area contributed by atoms with Gasteiger partial charge in [0.25, 0.3) is 0 Å². The summed E-state index contributed by atoms with van der Waals surface area (Å²) in [6.45, 7) is 13.3. The van der Waals surface area contributed by atoms with Crippen LogP contribution in [-0.2, 0) is 20.8 Å². The number of likely N-dealkylation sites (tertiary alicyclic amines) is 1. The summed E-state index contributed by atoms with van der Waals surface area (Å²) >= 11 is 0. The predicted octanol–water partition coefficient (Wildman–Crippen LogP) is 2.84. The van der Waals surface area contributed by atoms with Crippen LogP contribution in [-0.4, -0.2) is 72.3 Å². The van der Waals surface area contributed by atoms with Gasteiger partial charge < -0.3 is 20.4 Å². The first-order valence-corrected chi connectivity index (χ1v) is 12.6. The highest BCUT2D eigenvalue weighted by atomic mass is 16.2. The van der Waals surface area contributed by atoms with Crippen molar-refractivity contribution < 1.29 is 14.4 Å². The lowest BCUT2D eigenvalue weighted by Gasteiger charge is -2.38. The van der Waals surface area contributed by atoms with Crippen molar-refractivity contribution in [3.8, 4) is 0 Å². The van der Waals surface area contributed by atoms with Crippen LogP contribution in [0.2, 0.25) is 0 Å². The Labute approximate surface area is 205 Å². The van der Waals surface area contributed by atoms with Gasteiger partial charge >= 0.3 is 0 Å². The average molecular weight is 473 g/mol. The quantitative estimate of drug-likeness (QED) is 0.549. The van der Waals surface area contributed by atoms with Crippen molar-refractivity contribution in [2.75, 3.05) is 26.7 Å². The van der Waals surface area contributed by atoms with Crippen LogP contribution in [0.5, 0.6) is 0 Å². The standard InChI is InChI=1S/C27H44N4O3/c1-19(2)25(33)30(17-15-21-12-9-8-10-13-21)18-22-14-11-16-31(22)26(34)23(27(4,5)6)29-24(32)20(3)28-7/h8-10,12-13,19-20,22-23,28H,11,14-18H2,1-7H3,(H,29,32)/t20-,22-,23+/m0/s1. The van der Waals surface area contributed by atoms with Gasteiger partial charge in [-0.05, 0) is 44.2 Å². The Morgan fingerprint density at radius 3 is 2.32 bits per heavy atom. The maximum Gasteiger partial charge on any atom is 0.246 e. The fraction of sp³-hybridized carbons (Fsp3) is 0.667. The molecule has 1 aliphatic rings. The third-order valence-electron chi connectivity index (χ3n) is 6.64. The van der Waals surface area contributed by atoms with E-state index in [2.05, 4.69) is 22.8 Å². The summed E-state index contributed by atoms with van der Waals surface area (Å²) in [7, 11) is 1.73. The van der Waals surface area contributed by atoms with Crippen LogP contribution in [0.1, 0.15) is 59.9 Å². The van der Waals surface area contributed by atoms with Crippen LogP contribution in [0.4, 0.5) is 0 Å². The summed E-state index contributed by atoms with van der Waals surface area (Å²) in [5.41, 5.74) is 0.756. The molecule has 2 rings (SSSR count). The molecule has 1 aromatic rings. The minimum atomic E-state index is -0.630. The van der Waals surface area contributed by atoms with E-state index in [1.54, 1.807) is 14.0 Å². The van der Waals surface area contributed by atoms with Crippen molar-refractivity contribution in [3.63, 3.8) is 0 Å². The summed E-state index contributed by atoms with van der Waals surface area (Å²) in [6, 6.07) is 9.10. The van der Waals surface area contributed by atoms with E-state index in [1.807, 2.05) is 62.6 Å². The zero-order valence-electron chi connectivity index (χ0n) is 22.1. The van der Waals surface area contributed by atoms with Gasteiger partial charge in [-0.3, -0.25) is 14.4 Å². The number of carbonyl (C=O) groups is 3. The highest BCUT2D eigenvalue weighted by molar-refractivity contribution is 5.90. The molecule has 34 heavy (non-hydrogen) atoms. The Hall–Kier alpha value is -2.41. The maximum atomic E-state index is 13.7. The van der Waals surface area contributed by atoms with Crippen molar-refractivity contribution in [1.29, 1.82) is 0 Å². The third kappa shape index (κ3) is 7.55. The van der Waals surface area contributed by atoms with Crippen LogP contribution in [0.15, 0.2) is 30.3 Å². The summed E-state index contributed by atoms with van der Waals surface area (Å²) in [4.78, 5) is 43.1. The molecule has 2 N–H and O–H groups in total. The van der Waals surface area contributed by atoms with Gasteiger partial charge in [-0.15, -0.1) is 0 Å². The molecule has 0 bridgehead atoms.